The van der Waals surface area contributed by atoms with Gasteiger partial charge in [0.05, 0.1) is 5.69 Å². The van der Waals surface area contributed by atoms with E-state index in [1.54, 1.807) is 0 Å². The Kier molecular flexibility index (Phi) is 5.03. The van der Waals surface area contributed by atoms with Gasteiger partial charge in [-0.2, -0.15) is 5.10 Å². The second kappa shape index (κ2) is 6.08. The van der Waals surface area contributed by atoms with E-state index in [0.717, 1.165) is 37.2 Å². The molecule has 0 radical (unpaired) electrons. The van der Waals surface area contributed by atoms with Gasteiger partial charge in [-0.05, 0) is 18.8 Å². The molecule has 1 unspecified atom stereocenters. The lowest BCUT2D eigenvalue weighted by Gasteiger charge is -2.09. The minimum Gasteiger partial charge on any atom is -0.504 e. The molecular weight excluding hydrogens is 212 g/mol. The lowest BCUT2D eigenvalue weighted by molar-refractivity contribution is 0.447. The quantitative estimate of drug-likeness (QED) is 0.812. The fourth-order valence-corrected chi connectivity index (χ4v) is 2.06. The molecule has 0 bridgehead atoms. The predicted molar refractivity (Wildman–Crippen MR) is 71.6 cm³/mol. The Morgan fingerprint density at radius 2 is 1.88 bits per heavy atom. The third-order valence-corrected chi connectivity index (χ3v) is 3.34. The van der Waals surface area contributed by atoms with Crippen molar-refractivity contribution >= 4 is 0 Å². The summed E-state index contributed by atoms with van der Waals surface area (Å²) in [5.74, 6) is 1.07. The first kappa shape index (κ1) is 14.1. The van der Waals surface area contributed by atoms with E-state index in [9.17, 15) is 5.11 Å². The SMILES string of the molecule is CCCCn1nc(C(C)CC)c(O)c1C(C)C. The van der Waals surface area contributed by atoms with Crippen LogP contribution in [-0.4, -0.2) is 14.9 Å². The molecule has 0 fully saturated rings. The van der Waals surface area contributed by atoms with Gasteiger partial charge >= 0.3 is 0 Å². The molecule has 1 rings (SSSR count). The number of hydrogen-bond acceptors (Lipinski definition) is 2. The lowest BCUT2D eigenvalue weighted by atomic mass is 10.0. The van der Waals surface area contributed by atoms with Crippen LogP contribution >= 0.6 is 0 Å². The van der Waals surface area contributed by atoms with Gasteiger partial charge in [0.25, 0.3) is 0 Å². The van der Waals surface area contributed by atoms with Crippen LogP contribution in [-0.2, 0) is 6.54 Å². The molecule has 1 N–H and O–H groups in total. The molecule has 0 aliphatic heterocycles. The van der Waals surface area contributed by atoms with Crippen molar-refractivity contribution in [3.05, 3.63) is 11.4 Å². The number of hydrogen-bond donors (Lipinski definition) is 1. The van der Waals surface area contributed by atoms with Crippen molar-refractivity contribution < 1.29 is 5.11 Å². The second-order valence-corrected chi connectivity index (χ2v) is 5.16. The van der Waals surface area contributed by atoms with E-state index in [1.807, 2.05) is 4.68 Å². The molecular formula is C14H26N2O. The van der Waals surface area contributed by atoms with Crippen LogP contribution in [0.1, 0.15) is 77.1 Å². The maximum Gasteiger partial charge on any atom is 0.160 e. The Morgan fingerprint density at radius 3 is 2.35 bits per heavy atom. The molecule has 3 nitrogen and oxygen atoms in total. The maximum atomic E-state index is 10.3. The van der Waals surface area contributed by atoms with Crippen molar-refractivity contribution in [2.45, 2.75) is 72.3 Å². The number of aromatic nitrogens is 2. The highest BCUT2D eigenvalue weighted by atomic mass is 16.3. The average Bonchev–Trinajstić information content (AvgIpc) is 2.62. The summed E-state index contributed by atoms with van der Waals surface area (Å²) >= 11 is 0. The normalized spacial score (nSPS) is 13.3. The topological polar surface area (TPSA) is 38.0 Å². The van der Waals surface area contributed by atoms with Crippen LogP contribution in [0.2, 0.25) is 0 Å². The van der Waals surface area contributed by atoms with Gasteiger partial charge in [-0.3, -0.25) is 4.68 Å². The average molecular weight is 238 g/mol. The Hall–Kier alpha value is -0.990. The summed E-state index contributed by atoms with van der Waals surface area (Å²) in [5, 5.41) is 14.9. The summed E-state index contributed by atoms with van der Waals surface area (Å²) in [6.07, 6.45) is 3.27. The summed E-state index contributed by atoms with van der Waals surface area (Å²) in [5.41, 5.74) is 1.86. The fraction of sp³-hybridized carbons (Fsp3) is 0.786. The fourth-order valence-electron chi connectivity index (χ4n) is 2.06. The van der Waals surface area contributed by atoms with E-state index in [1.165, 1.54) is 0 Å². The standard InChI is InChI=1S/C14H26N2O/c1-6-8-9-16-13(10(3)4)14(17)12(15-16)11(5)7-2/h10-11,17H,6-9H2,1-5H3. The van der Waals surface area contributed by atoms with Gasteiger partial charge < -0.3 is 5.11 Å². The van der Waals surface area contributed by atoms with Gasteiger partial charge in [0, 0.05) is 12.5 Å². The van der Waals surface area contributed by atoms with Gasteiger partial charge in [0.15, 0.2) is 5.75 Å². The van der Waals surface area contributed by atoms with Crippen molar-refractivity contribution in [2.75, 3.05) is 0 Å². The second-order valence-electron chi connectivity index (χ2n) is 5.16. The maximum absolute atomic E-state index is 10.3. The summed E-state index contributed by atoms with van der Waals surface area (Å²) in [7, 11) is 0. The van der Waals surface area contributed by atoms with Crippen LogP contribution in [0.15, 0.2) is 0 Å². The summed E-state index contributed by atoms with van der Waals surface area (Å²) in [4.78, 5) is 0. The van der Waals surface area contributed by atoms with E-state index in [0.29, 0.717) is 17.6 Å². The van der Waals surface area contributed by atoms with E-state index in [-0.39, 0.29) is 0 Å². The third kappa shape index (κ3) is 3.02. The Labute approximate surface area is 105 Å². The number of nitrogens with zero attached hydrogens (tertiary/aromatic N) is 2. The smallest absolute Gasteiger partial charge is 0.160 e. The molecule has 1 heterocycles. The zero-order valence-corrected chi connectivity index (χ0v) is 11.8. The van der Waals surface area contributed by atoms with Crippen LogP contribution in [0.3, 0.4) is 0 Å². The van der Waals surface area contributed by atoms with E-state index < -0.39 is 0 Å². The molecule has 0 saturated carbocycles. The molecule has 1 aromatic heterocycles. The van der Waals surface area contributed by atoms with Gasteiger partial charge in [-0.15, -0.1) is 0 Å². The third-order valence-electron chi connectivity index (χ3n) is 3.34. The van der Waals surface area contributed by atoms with Crippen LogP contribution in [0, 0.1) is 0 Å². The van der Waals surface area contributed by atoms with Crippen molar-refractivity contribution in [3.63, 3.8) is 0 Å². The molecule has 3 heteroatoms. The molecule has 1 atom stereocenters. The number of rotatable bonds is 6. The monoisotopic (exact) mass is 238 g/mol. The Morgan fingerprint density at radius 1 is 1.24 bits per heavy atom. The van der Waals surface area contributed by atoms with Crippen LogP contribution < -0.4 is 0 Å². The summed E-state index contributed by atoms with van der Waals surface area (Å²) in [6.45, 7) is 11.6. The summed E-state index contributed by atoms with van der Waals surface area (Å²) in [6, 6.07) is 0. The molecule has 0 aliphatic rings. The summed E-state index contributed by atoms with van der Waals surface area (Å²) < 4.78 is 2.00. The minimum absolute atomic E-state index is 0.317. The molecule has 1 aromatic rings. The molecule has 0 aliphatic carbocycles. The van der Waals surface area contributed by atoms with Gasteiger partial charge in [-0.1, -0.05) is 41.0 Å². The first-order chi connectivity index (χ1) is 8.02. The Balaban J connectivity index is 3.10. The molecule has 0 saturated heterocycles. The molecule has 0 amide bonds. The highest BCUT2D eigenvalue weighted by Crippen LogP contribution is 2.34. The molecule has 0 spiro atoms. The molecule has 98 valence electrons. The number of unbranched alkanes of at least 4 members (excludes halogenated alkanes) is 1. The van der Waals surface area contributed by atoms with E-state index in [2.05, 4.69) is 39.7 Å². The number of aromatic hydroxyl groups is 1. The van der Waals surface area contributed by atoms with Crippen molar-refractivity contribution in [2.24, 2.45) is 0 Å². The zero-order chi connectivity index (χ0) is 13.0. The minimum atomic E-state index is 0.317. The van der Waals surface area contributed by atoms with Crippen LogP contribution in [0.5, 0.6) is 5.75 Å². The van der Waals surface area contributed by atoms with Gasteiger partial charge in [0.1, 0.15) is 5.69 Å². The largest absolute Gasteiger partial charge is 0.504 e. The van der Waals surface area contributed by atoms with Crippen molar-refractivity contribution in [1.82, 2.24) is 9.78 Å². The van der Waals surface area contributed by atoms with Gasteiger partial charge in [0.2, 0.25) is 0 Å². The lowest BCUT2D eigenvalue weighted by Crippen LogP contribution is -2.06. The van der Waals surface area contributed by atoms with Crippen molar-refractivity contribution in [1.29, 1.82) is 0 Å². The first-order valence-electron chi connectivity index (χ1n) is 6.82. The van der Waals surface area contributed by atoms with E-state index >= 15 is 0 Å². The van der Waals surface area contributed by atoms with Crippen LogP contribution in [0.4, 0.5) is 0 Å². The number of aryl methyl sites for hydroxylation is 1. The molecule has 17 heavy (non-hydrogen) atoms. The first-order valence-corrected chi connectivity index (χ1v) is 6.82. The highest BCUT2D eigenvalue weighted by molar-refractivity contribution is 5.36. The molecule has 0 aromatic carbocycles. The van der Waals surface area contributed by atoms with E-state index in [4.69, 9.17) is 0 Å². The zero-order valence-electron chi connectivity index (χ0n) is 11.8. The highest BCUT2D eigenvalue weighted by Gasteiger charge is 2.22. The Bertz CT molecular complexity index is 355. The predicted octanol–water partition coefficient (Wildman–Crippen LogP) is 4.03. The van der Waals surface area contributed by atoms with Crippen LogP contribution in [0.25, 0.3) is 0 Å². The van der Waals surface area contributed by atoms with Crippen molar-refractivity contribution in [3.8, 4) is 5.75 Å². The van der Waals surface area contributed by atoms with Gasteiger partial charge in [-0.25, -0.2) is 0 Å².